The Morgan fingerprint density at radius 2 is 2.10 bits per heavy atom. The van der Waals surface area contributed by atoms with Gasteiger partial charge in [-0.15, -0.1) is 11.3 Å². The fraction of sp³-hybridized carbons (Fsp3) is 0.615. The lowest BCUT2D eigenvalue weighted by Gasteiger charge is -2.14. The Morgan fingerprint density at radius 3 is 2.62 bits per heavy atom. The van der Waals surface area contributed by atoms with Gasteiger partial charge in [-0.05, 0) is 30.2 Å². The van der Waals surface area contributed by atoms with E-state index in [1.165, 1.54) is 7.11 Å². The van der Waals surface area contributed by atoms with Gasteiger partial charge in [-0.1, -0.05) is 13.8 Å². The second-order valence-electron chi connectivity index (χ2n) is 5.20. The lowest BCUT2D eigenvalue weighted by Crippen LogP contribution is -2.33. The third kappa shape index (κ3) is 4.77. The average molecular weight is 335 g/mol. The maximum absolute atomic E-state index is 12.3. The lowest BCUT2D eigenvalue weighted by atomic mass is 10.1. The zero-order valence-corrected chi connectivity index (χ0v) is 14.2. The molecule has 1 atom stereocenters. The minimum absolute atomic E-state index is 0.0425. The first-order valence-corrected chi connectivity index (χ1v) is 8.89. The topological polar surface area (TPSA) is 92.7 Å². The van der Waals surface area contributed by atoms with Crippen LogP contribution in [0.4, 0.5) is 0 Å². The van der Waals surface area contributed by atoms with E-state index < -0.39 is 22.1 Å². The highest BCUT2D eigenvalue weighted by atomic mass is 32.2. The number of esters is 1. The van der Waals surface area contributed by atoms with E-state index in [9.17, 15) is 18.3 Å². The molecule has 0 radical (unpaired) electrons. The number of sulfonamides is 1. The molecule has 0 saturated heterocycles. The second-order valence-corrected chi connectivity index (χ2v) is 7.79. The molecule has 0 aliphatic rings. The Bertz CT molecular complexity index is 592. The van der Waals surface area contributed by atoms with Gasteiger partial charge in [-0.3, -0.25) is 0 Å². The summed E-state index contributed by atoms with van der Waals surface area (Å²) in [5.74, 6) is -0.422. The minimum Gasteiger partial charge on any atom is -0.465 e. The van der Waals surface area contributed by atoms with E-state index in [1.807, 2.05) is 13.8 Å². The zero-order valence-electron chi connectivity index (χ0n) is 12.5. The van der Waals surface area contributed by atoms with E-state index in [1.54, 1.807) is 12.3 Å². The molecule has 0 amide bonds. The molecule has 1 aromatic rings. The first-order valence-electron chi connectivity index (χ1n) is 6.53. The predicted octanol–water partition coefficient (Wildman–Crippen LogP) is 1.53. The Kier molecular flexibility index (Phi) is 6.33. The molecule has 8 heteroatoms. The summed E-state index contributed by atoms with van der Waals surface area (Å²) in [5.41, 5.74) is 0.478. The normalized spacial score (nSPS) is 13.4. The van der Waals surface area contributed by atoms with Gasteiger partial charge in [-0.25, -0.2) is 17.9 Å². The number of carbonyl (C=O) groups excluding carboxylic acids is 1. The van der Waals surface area contributed by atoms with Crippen molar-refractivity contribution in [1.29, 1.82) is 0 Å². The number of carbonyl (C=O) groups is 1. The number of aryl methyl sites for hydroxylation is 1. The zero-order chi connectivity index (χ0) is 16.2. The molecule has 0 aliphatic heterocycles. The van der Waals surface area contributed by atoms with Gasteiger partial charge in [0, 0.05) is 6.54 Å². The van der Waals surface area contributed by atoms with Gasteiger partial charge in [-0.2, -0.15) is 0 Å². The van der Waals surface area contributed by atoms with E-state index in [0.29, 0.717) is 12.0 Å². The van der Waals surface area contributed by atoms with Crippen molar-refractivity contribution in [2.45, 2.75) is 38.2 Å². The fourth-order valence-electron chi connectivity index (χ4n) is 1.91. The first-order chi connectivity index (χ1) is 9.69. The summed E-state index contributed by atoms with van der Waals surface area (Å²) in [7, 11) is -2.66. The average Bonchev–Trinajstić information content (AvgIpc) is 2.77. The minimum atomic E-state index is -3.86. The Hall–Kier alpha value is -0.960. The summed E-state index contributed by atoms with van der Waals surface area (Å²) >= 11 is 1.02. The number of methoxy groups -OCH3 is 1. The van der Waals surface area contributed by atoms with E-state index in [4.69, 9.17) is 0 Å². The molecule has 0 aromatic carbocycles. The van der Waals surface area contributed by atoms with Crippen LogP contribution in [-0.4, -0.2) is 39.3 Å². The van der Waals surface area contributed by atoms with Crippen molar-refractivity contribution in [1.82, 2.24) is 4.72 Å². The van der Waals surface area contributed by atoms with Gasteiger partial charge in [0.1, 0.15) is 9.77 Å². The molecule has 21 heavy (non-hydrogen) atoms. The number of thiophene rings is 1. The van der Waals surface area contributed by atoms with Crippen molar-refractivity contribution in [3.63, 3.8) is 0 Å². The molecular weight excluding hydrogens is 314 g/mol. The number of rotatable bonds is 7. The third-order valence-corrected chi connectivity index (χ3v) is 5.63. The van der Waals surface area contributed by atoms with Gasteiger partial charge in [0.15, 0.2) is 0 Å². The molecule has 1 unspecified atom stereocenters. The fourth-order valence-corrected chi connectivity index (χ4v) is 4.68. The largest absolute Gasteiger partial charge is 0.465 e. The SMILES string of the molecule is COC(=O)c1scc(C)c1S(=O)(=O)NCC(O)CC(C)C. The molecular formula is C13H21NO5S2. The summed E-state index contributed by atoms with van der Waals surface area (Å²) in [6.07, 6.45) is -0.269. The summed E-state index contributed by atoms with van der Waals surface area (Å²) in [6.45, 7) is 5.41. The van der Waals surface area contributed by atoms with Crippen molar-refractivity contribution in [3.05, 3.63) is 15.8 Å². The van der Waals surface area contributed by atoms with Crippen LogP contribution in [0.5, 0.6) is 0 Å². The van der Waals surface area contributed by atoms with Crippen LogP contribution in [0.25, 0.3) is 0 Å². The first kappa shape index (κ1) is 18.1. The van der Waals surface area contributed by atoms with Crippen molar-refractivity contribution < 1.29 is 23.1 Å². The summed E-state index contributed by atoms with van der Waals surface area (Å²) in [5, 5.41) is 11.3. The number of ether oxygens (including phenoxy) is 1. The van der Waals surface area contributed by atoms with Gasteiger partial charge in [0.05, 0.1) is 13.2 Å². The van der Waals surface area contributed by atoms with Crippen LogP contribution in [0.1, 0.15) is 35.5 Å². The Morgan fingerprint density at radius 1 is 1.48 bits per heavy atom. The maximum Gasteiger partial charge on any atom is 0.349 e. The summed E-state index contributed by atoms with van der Waals surface area (Å²) in [4.78, 5) is 11.6. The van der Waals surface area contributed by atoms with Crippen LogP contribution >= 0.6 is 11.3 Å². The number of hydrogen-bond acceptors (Lipinski definition) is 6. The van der Waals surface area contributed by atoms with Crippen LogP contribution in [0.3, 0.4) is 0 Å². The van der Waals surface area contributed by atoms with Crippen molar-refractivity contribution in [3.8, 4) is 0 Å². The maximum atomic E-state index is 12.3. The van der Waals surface area contributed by atoms with Crippen LogP contribution < -0.4 is 4.72 Å². The predicted molar refractivity (Wildman–Crippen MR) is 81.0 cm³/mol. The number of aliphatic hydroxyl groups excluding tert-OH is 1. The molecule has 0 saturated carbocycles. The van der Waals surface area contributed by atoms with Crippen LogP contribution in [0.2, 0.25) is 0 Å². The highest BCUT2D eigenvalue weighted by Crippen LogP contribution is 2.27. The number of hydrogen-bond donors (Lipinski definition) is 2. The number of nitrogens with one attached hydrogen (secondary N) is 1. The van der Waals surface area contributed by atoms with Crippen molar-refractivity contribution >= 4 is 27.3 Å². The summed E-state index contributed by atoms with van der Waals surface area (Å²) < 4.78 is 31.6. The van der Waals surface area contributed by atoms with Crippen molar-refractivity contribution in [2.24, 2.45) is 5.92 Å². The van der Waals surface area contributed by atoms with E-state index in [0.717, 1.165) is 11.3 Å². The van der Waals surface area contributed by atoms with E-state index >= 15 is 0 Å². The molecule has 6 nitrogen and oxygen atoms in total. The van der Waals surface area contributed by atoms with Gasteiger partial charge < -0.3 is 9.84 Å². The molecule has 1 aromatic heterocycles. The Labute approximate surface area is 129 Å². The van der Waals surface area contributed by atoms with E-state index in [2.05, 4.69) is 9.46 Å². The highest BCUT2D eigenvalue weighted by Gasteiger charge is 2.27. The third-order valence-electron chi connectivity index (χ3n) is 2.81. The van der Waals surface area contributed by atoms with Gasteiger partial charge >= 0.3 is 5.97 Å². The Balaban J connectivity index is 2.93. The molecule has 1 rings (SSSR count). The molecule has 0 bridgehead atoms. The standard InChI is InChI=1S/C13H21NO5S2/c1-8(2)5-10(15)6-14-21(17,18)12-9(3)7-20-11(12)13(16)19-4/h7-8,10,14-15H,5-6H2,1-4H3. The molecule has 2 N–H and O–H groups in total. The molecule has 1 heterocycles. The van der Waals surface area contributed by atoms with E-state index in [-0.39, 0.29) is 22.2 Å². The highest BCUT2D eigenvalue weighted by molar-refractivity contribution is 7.89. The lowest BCUT2D eigenvalue weighted by molar-refractivity contribution is 0.0602. The molecule has 120 valence electrons. The smallest absolute Gasteiger partial charge is 0.349 e. The van der Waals surface area contributed by atoms with Crippen LogP contribution in [0, 0.1) is 12.8 Å². The quantitative estimate of drug-likeness (QED) is 0.737. The number of aliphatic hydroxyl groups is 1. The van der Waals surface area contributed by atoms with Crippen molar-refractivity contribution in [2.75, 3.05) is 13.7 Å². The van der Waals surface area contributed by atoms with Gasteiger partial charge in [0.2, 0.25) is 10.0 Å². The van der Waals surface area contributed by atoms with Gasteiger partial charge in [0.25, 0.3) is 0 Å². The van der Waals surface area contributed by atoms with Crippen LogP contribution in [0.15, 0.2) is 10.3 Å². The molecule has 0 aliphatic carbocycles. The monoisotopic (exact) mass is 335 g/mol. The molecule has 0 spiro atoms. The summed E-state index contributed by atoms with van der Waals surface area (Å²) in [6, 6.07) is 0. The second kappa shape index (κ2) is 7.35. The van der Waals surface area contributed by atoms with Crippen LogP contribution in [-0.2, 0) is 14.8 Å². The molecule has 0 fully saturated rings.